The van der Waals surface area contributed by atoms with E-state index in [1.165, 1.54) is 4.90 Å². The zero-order chi connectivity index (χ0) is 15.0. The Bertz CT molecular complexity index is 659. The van der Waals surface area contributed by atoms with Crippen molar-refractivity contribution in [1.82, 2.24) is 10.2 Å². The molecule has 6 heteroatoms. The fourth-order valence-corrected chi connectivity index (χ4v) is 2.29. The van der Waals surface area contributed by atoms with Gasteiger partial charge in [-0.15, -0.1) is 0 Å². The van der Waals surface area contributed by atoms with Crippen molar-refractivity contribution in [3.8, 4) is 5.75 Å². The quantitative estimate of drug-likeness (QED) is 0.902. The minimum absolute atomic E-state index is 0.221. The maximum Gasteiger partial charge on any atom is 0.280 e. The first-order valence-corrected chi connectivity index (χ1v) is 6.87. The second-order valence-corrected chi connectivity index (χ2v) is 5.24. The molecule has 0 saturated heterocycles. The number of aromatic amines is 1. The number of carbonyl (C=O) groups excluding carboxylic acids is 1. The molecule has 6 nitrogen and oxygen atoms in total. The summed E-state index contributed by atoms with van der Waals surface area (Å²) in [4.78, 5) is 14.0. The van der Waals surface area contributed by atoms with Crippen molar-refractivity contribution < 1.29 is 9.53 Å². The second-order valence-electron chi connectivity index (χ2n) is 5.24. The van der Waals surface area contributed by atoms with Crippen LogP contribution in [0.25, 0.3) is 0 Å². The lowest BCUT2D eigenvalue weighted by Crippen LogP contribution is -2.27. The molecule has 1 heterocycles. The number of ether oxygens (including phenoxy) is 1. The Morgan fingerprint density at radius 1 is 1.38 bits per heavy atom. The minimum Gasteiger partial charge on any atom is -0.497 e. The highest BCUT2D eigenvalue weighted by molar-refractivity contribution is 6.07. The fraction of sp³-hybridized carbons (Fsp3) is 0.333. The number of nitrogens with one attached hydrogen (secondary N) is 1. The largest absolute Gasteiger partial charge is 0.497 e. The first-order chi connectivity index (χ1) is 10.1. The lowest BCUT2D eigenvalue weighted by atomic mass is 10.2. The Kier molecular flexibility index (Phi) is 3.29. The van der Waals surface area contributed by atoms with Crippen LogP contribution >= 0.6 is 0 Å². The molecule has 0 atom stereocenters. The van der Waals surface area contributed by atoms with E-state index >= 15 is 0 Å². The zero-order valence-corrected chi connectivity index (χ0v) is 12.1. The maximum absolute atomic E-state index is 12.5. The number of aromatic nitrogens is 2. The SMILES string of the molecule is COc1ccc(N(C)C(=O)c2n[nH]c(C3CC3)c2N)cc1. The van der Waals surface area contributed by atoms with E-state index in [9.17, 15) is 4.79 Å². The number of H-pyrrole nitrogens is 1. The molecule has 3 N–H and O–H groups in total. The van der Waals surface area contributed by atoms with Crippen LogP contribution in [-0.2, 0) is 0 Å². The molecule has 1 aliphatic carbocycles. The van der Waals surface area contributed by atoms with Crippen molar-refractivity contribution in [2.45, 2.75) is 18.8 Å². The van der Waals surface area contributed by atoms with E-state index in [1.807, 2.05) is 24.3 Å². The molecule has 21 heavy (non-hydrogen) atoms. The van der Waals surface area contributed by atoms with Crippen molar-refractivity contribution in [2.24, 2.45) is 0 Å². The third kappa shape index (κ3) is 2.44. The van der Waals surface area contributed by atoms with Gasteiger partial charge in [-0.1, -0.05) is 0 Å². The van der Waals surface area contributed by atoms with Crippen LogP contribution in [0.15, 0.2) is 24.3 Å². The molecule has 1 aliphatic rings. The average molecular weight is 286 g/mol. The maximum atomic E-state index is 12.5. The molecular weight excluding hydrogens is 268 g/mol. The van der Waals surface area contributed by atoms with Crippen LogP contribution < -0.4 is 15.4 Å². The molecule has 0 unspecified atom stereocenters. The zero-order valence-electron chi connectivity index (χ0n) is 12.1. The fourth-order valence-electron chi connectivity index (χ4n) is 2.29. The van der Waals surface area contributed by atoms with Crippen LogP contribution in [0.2, 0.25) is 0 Å². The summed E-state index contributed by atoms with van der Waals surface area (Å²) < 4.78 is 5.11. The van der Waals surface area contributed by atoms with E-state index in [0.717, 1.165) is 30.0 Å². The van der Waals surface area contributed by atoms with Gasteiger partial charge >= 0.3 is 0 Å². The molecule has 1 saturated carbocycles. The summed E-state index contributed by atoms with van der Waals surface area (Å²) in [6, 6.07) is 7.26. The Balaban J connectivity index is 1.83. The summed E-state index contributed by atoms with van der Waals surface area (Å²) in [6.07, 6.45) is 2.21. The van der Waals surface area contributed by atoms with Gasteiger partial charge in [-0.25, -0.2) is 0 Å². The van der Waals surface area contributed by atoms with Gasteiger partial charge in [0.15, 0.2) is 5.69 Å². The molecule has 2 aromatic rings. The molecule has 0 spiro atoms. The number of hydrogen-bond donors (Lipinski definition) is 2. The van der Waals surface area contributed by atoms with Crippen LogP contribution in [-0.4, -0.2) is 30.3 Å². The Morgan fingerprint density at radius 3 is 2.62 bits per heavy atom. The summed E-state index contributed by atoms with van der Waals surface area (Å²) in [7, 11) is 3.31. The number of anilines is 2. The van der Waals surface area contributed by atoms with Crippen LogP contribution in [0.4, 0.5) is 11.4 Å². The smallest absolute Gasteiger partial charge is 0.280 e. The number of methoxy groups -OCH3 is 1. The monoisotopic (exact) mass is 286 g/mol. The molecule has 1 aromatic heterocycles. The van der Waals surface area contributed by atoms with Crippen molar-refractivity contribution in [3.05, 3.63) is 35.7 Å². The highest BCUT2D eigenvalue weighted by atomic mass is 16.5. The Labute approximate surface area is 122 Å². The molecule has 3 rings (SSSR count). The van der Waals surface area contributed by atoms with Gasteiger partial charge in [0.1, 0.15) is 5.75 Å². The van der Waals surface area contributed by atoms with E-state index < -0.39 is 0 Å². The number of nitrogen functional groups attached to an aromatic ring is 1. The Hall–Kier alpha value is -2.50. The lowest BCUT2D eigenvalue weighted by molar-refractivity contribution is 0.0989. The van der Waals surface area contributed by atoms with Crippen molar-refractivity contribution in [1.29, 1.82) is 0 Å². The molecule has 110 valence electrons. The van der Waals surface area contributed by atoms with Gasteiger partial charge in [0.25, 0.3) is 5.91 Å². The van der Waals surface area contributed by atoms with Crippen molar-refractivity contribution in [3.63, 3.8) is 0 Å². The molecule has 1 aromatic carbocycles. The molecule has 1 amide bonds. The van der Waals surface area contributed by atoms with Crippen LogP contribution in [0, 0.1) is 0 Å². The number of amides is 1. The highest BCUT2D eigenvalue weighted by Crippen LogP contribution is 2.42. The third-order valence-electron chi connectivity index (χ3n) is 3.79. The minimum atomic E-state index is -0.221. The van der Waals surface area contributed by atoms with E-state index in [0.29, 0.717) is 11.6 Å². The number of benzene rings is 1. The van der Waals surface area contributed by atoms with Gasteiger partial charge in [-0.05, 0) is 37.1 Å². The average Bonchev–Trinajstić information content (AvgIpc) is 3.29. The van der Waals surface area contributed by atoms with Crippen molar-refractivity contribution >= 4 is 17.3 Å². The highest BCUT2D eigenvalue weighted by Gasteiger charge is 2.31. The van der Waals surface area contributed by atoms with E-state index in [2.05, 4.69) is 10.2 Å². The Morgan fingerprint density at radius 2 is 2.05 bits per heavy atom. The van der Waals surface area contributed by atoms with E-state index in [4.69, 9.17) is 10.5 Å². The van der Waals surface area contributed by atoms with Gasteiger partial charge in [0.2, 0.25) is 0 Å². The molecule has 1 fully saturated rings. The summed E-state index contributed by atoms with van der Waals surface area (Å²) in [6.45, 7) is 0. The second kappa shape index (κ2) is 5.12. The van der Waals surface area contributed by atoms with Crippen molar-refractivity contribution in [2.75, 3.05) is 24.8 Å². The number of hydrogen-bond acceptors (Lipinski definition) is 4. The van der Waals surface area contributed by atoms with Gasteiger partial charge in [-0.3, -0.25) is 9.89 Å². The summed E-state index contributed by atoms with van der Waals surface area (Å²) in [5.74, 6) is 0.959. The molecule has 0 bridgehead atoms. The summed E-state index contributed by atoms with van der Waals surface area (Å²) >= 11 is 0. The molecule has 0 aliphatic heterocycles. The lowest BCUT2D eigenvalue weighted by Gasteiger charge is -2.16. The number of nitrogens with two attached hydrogens (primary N) is 1. The number of rotatable bonds is 4. The topological polar surface area (TPSA) is 84.2 Å². The van der Waals surface area contributed by atoms with E-state index in [1.54, 1.807) is 14.2 Å². The van der Waals surface area contributed by atoms with Gasteiger partial charge in [0.05, 0.1) is 18.5 Å². The summed E-state index contributed by atoms with van der Waals surface area (Å²) in [5, 5.41) is 6.99. The number of nitrogens with zero attached hydrogens (tertiary/aromatic N) is 2. The van der Waals surface area contributed by atoms with Gasteiger partial charge in [-0.2, -0.15) is 5.10 Å². The van der Waals surface area contributed by atoms with E-state index in [-0.39, 0.29) is 11.6 Å². The predicted octanol–water partition coefficient (Wildman–Crippen LogP) is 2.15. The van der Waals surface area contributed by atoms with Gasteiger partial charge < -0.3 is 15.4 Å². The standard InChI is InChI=1S/C15H18N4O2/c1-19(10-5-7-11(21-2)8-6-10)15(20)14-12(16)13(17-18-14)9-3-4-9/h5-9H,3-4,16H2,1-2H3,(H,17,18). The molecular formula is C15H18N4O2. The van der Waals surface area contributed by atoms with Crippen LogP contribution in [0.3, 0.4) is 0 Å². The third-order valence-corrected chi connectivity index (χ3v) is 3.79. The first-order valence-electron chi connectivity index (χ1n) is 6.87. The van der Waals surface area contributed by atoms with Gasteiger partial charge in [0, 0.05) is 18.7 Å². The normalized spacial score (nSPS) is 14.0. The summed E-state index contributed by atoms with van der Waals surface area (Å²) in [5.41, 5.74) is 8.46. The first kappa shape index (κ1) is 13.5. The number of carbonyl (C=O) groups is 1. The van der Waals surface area contributed by atoms with Crippen LogP contribution in [0.5, 0.6) is 5.75 Å². The molecule has 0 radical (unpaired) electrons. The predicted molar refractivity (Wildman–Crippen MR) is 80.7 cm³/mol. The van der Waals surface area contributed by atoms with Crippen LogP contribution in [0.1, 0.15) is 34.9 Å².